The molecule has 7 rings (SSSR count). The maximum Gasteiger partial charge on any atom is 0.246 e. The fraction of sp³-hybridized carbons (Fsp3) is 0.625. The van der Waals surface area contributed by atoms with E-state index in [0.717, 1.165) is 55.2 Å². The number of aliphatic hydroxyl groups excluding tert-OH is 1. The SMILES string of the molecule is CC(C)Cc1ccc([C@H](C)C(C)C)cc1.Cc1ncsc1-c1ccc(CCC(=O)[C@@H]2C[C@@H](C)CN2C(=O)[C@@H](NC(=O)COCCOCC(C)C)C(C)(C)C)cc1.Cc1ncsc1-c1ccc(CNC(=O)[C@@H]2C[C@@H](O)CN2C(=O)[C@@H](NC(=O)COCCOCCOCC(C)(C)C)C(C)(C)C)cc1. The smallest absolute Gasteiger partial charge is 0.246 e. The normalized spacial score (nSPS) is 17.3. The van der Waals surface area contributed by atoms with Crippen molar-refractivity contribution in [3.63, 3.8) is 0 Å². The van der Waals surface area contributed by atoms with Crippen molar-refractivity contribution in [3.05, 3.63) is 117 Å². The Hall–Kier alpha value is -6.30. The van der Waals surface area contributed by atoms with E-state index in [4.69, 9.17) is 23.7 Å². The molecule has 5 aromatic rings. The molecule has 2 aliphatic heterocycles. The van der Waals surface area contributed by atoms with E-state index in [1.807, 2.05) is 90.7 Å². The van der Waals surface area contributed by atoms with Gasteiger partial charge in [-0.15, -0.1) is 22.7 Å². The topological polar surface area (TPSA) is 237 Å². The molecule has 4 heterocycles. The van der Waals surface area contributed by atoms with Crippen LogP contribution in [-0.4, -0.2) is 170 Å². The maximum atomic E-state index is 13.8. The first-order valence-electron chi connectivity index (χ1n) is 36.2. The van der Waals surface area contributed by atoms with E-state index >= 15 is 0 Å². The zero-order valence-electron chi connectivity index (χ0n) is 64.1. The summed E-state index contributed by atoms with van der Waals surface area (Å²) in [6, 6.07) is 22.3. The molecular formula is C80H121N7O12S2. The van der Waals surface area contributed by atoms with Gasteiger partial charge in [-0.3, -0.25) is 28.8 Å². The van der Waals surface area contributed by atoms with Crippen LogP contribution in [0, 0.1) is 53.8 Å². The zero-order chi connectivity index (χ0) is 74.8. The minimum Gasteiger partial charge on any atom is -0.391 e. The van der Waals surface area contributed by atoms with Crippen molar-refractivity contribution in [3.8, 4) is 20.9 Å². The number of aromatic nitrogens is 2. The van der Waals surface area contributed by atoms with Crippen molar-refractivity contribution in [1.82, 2.24) is 35.7 Å². The Kier molecular flexibility index (Phi) is 34.9. The monoisotopic (exact) mass is 1440 g/mol. The van der Waals surface area contributed by atoms with E-state index in [1.165, 1.54) is 22.4 Å². The van der Waals surface area contributed by atoms with Crippen molar-refractivity contribution in [2.45, 2.75) is 206 Å². The van der Waals surface area contributed by atoms with Crippen molar-refractivity contribution >= 4 is 58.0 Å². The van der Waals surface area contributed by atoms with Gasteiger partial charge in [-0.2, -0.15) is 0 Å². The molecule has 5 amide bonds. The lowest BCUT2D eigenvalue weighted by atomic mass is 9.85. The second kappa shape index (κ2) is 41.3. The molecule has 2 aliphatic rings. The molecule has 2 fully saturated rings. The van der Waals surface area contributed by atoms with Gasteiger partial charge in [-0.25, -0.2) is 9.97 Å². The van der Waals surface area contributed by atoms with E-state index in [2.05, 4.69) is 151 Å². The van der Waals surface area contributed by atoms with Crippen LogP contribution in [0.4, 0.5) is 0 Å². The summed E-state index contributed by atoms with van der Waals surface area (Å²) in [4.78, 5) is 93.6. The number of likely N-dealkylation sites (tertiary alicyclic amines) is 2. The Morgan fingerprint density at radius 3 is 1.50 bits per heavy atom. The van der Waals surface area contributed by atoms with Crippen LogP contribution in [0.1, 0.15) is 177 Å². The lowest BCUT2D eigenvalue weighted by Crippen LogP contribution is -2.58. The molecule has 0 spiro atoms. The highest BCUT2D eigenvalue weighted by atomic mass is 32.1. The molecule has 7 atom stereocenters. The first-order valence-corrected chi connectivity index (χ1v) is 37.9. The number of Topliss-reactive ketones (excluding diaryl/α,β-unsaturated/α-hetero) is 1. The van der Waals surface area contributed by atoms with Gasteiger partial charge in [-0.1, -0.05) is 190 Å². The molecular weight excluding hydrogens is 1320 g/mol. The third kappa shape index (κ3) is 29.4. The second-order valence-corrected chi connectivity index (χ2v) is 33.5. The van der Waals surface area contributed by atoms with Crippen molar-refractivity contribution in [2.24, 2.45) is 39.9 Å². The fourth-order valence-corrected chi connectivity index (χ4v) is 13.4. The highest BCUT2D eigenvalue weighted by molar-refractivity contribution is 7.13. The van der Waals surface area contributed by atoms with Gasteiger partial charge in [0.05, 0.1) is 90.6 Å². The summed E-state index contributed by atoms with van der Waals surface area (Å²) in [5.74, 6) is 1.06. The van der Waals surface area contributed by atoms with Gasteiger partial charge in [-0.05, 0) is 112 Å². The number of thiazole rings is 2. The minimum atomic E-state index is -0.923. The predicted octanol–water partition coefficient (Wildman–Crippen LogP) is 13.0. The van der Waals surface area contributed by atoms with Gasteiger partial charge in [0.2, 0.25) is 29.5 Å². The number of carbonyl (C=O) groups excluding carboxylic acids is 6. The molecule has 0 bridgehead atoms. The van der Waals surface area contributed by atoms with E-state index in [-0.39, 0.29) is 74.2 Å². The number of amides is 5. The Labute approximate surface area is 611 Å². The molecule has 21 heteroatoms. The third-order valence-corrected chi connectivity index (χ3v) is 19.6. The summed E-state index contributed by atoms with van der Waals surface area (Å²) in [7, 11) is 0. The minimum absolute atomic E-state index is 0.00950. The largest absolute Gasteiger partial charge is 0.391 e. The Morgan fingerprint density at radius 2 is 1.04 bits per heavy atom. The number of hydrogen-bond donors (Lipinski definition) is 4. The maximum absolute atomic E-state index is 13.8. The molecule has 0 saturated carbocycles. The predicted molar refractivity (Wildman–Crippen MR) is 405 cm³/mol. The molecule has 2 aromatic heterocycles. The van der Waals surface area contributed by atoms with Crippen LogP contribution < -0.4 is 16.0 Å². The number of hydrogen-bond acceptors (Lipinski definition) is 16. The number of ketones is 1. The average Bonchev–Trinajstić information content (AvgIpc) is 1.72. The molecule has 101 heavy (non-hydrogen) atoms. The van der Waals surface area contributed by atoms with E-state index in [0.29, 0.717) is 83.9 Å². The van der Waals surface area contributed by atoms with Crippen molar-refractivity contribution < 1.29 is 57.6 Å². The van der Waals surface area contributed by atoms with E-state index in [9.17, 15) is 33.9 Å². The number of ether oxygens (including phenoxy) is 5. The number of aliphatic hydroxyl groups is 1. The van der Waals surface area contributed by atoms with Gasteiger partial charge < -0.3 is 54.5 Å². The van der Waals surface area contributed by atoms with Crippen LogP contribution in [0.5, 0.6) is 0 Å². The van der Waals surface area contributed by atoms with Crippen LogP contribution in [0.15, 0.2) is 83.8 Å². The van der Waals surface area contributed by atoms with Crippen LogP contribution in [-0.2, 0) is 71.8 Å². The number of aryl methyl sites for hydroxylation is 3. The summed E-state index contributed by atoms with van der Waals surface area (Å²) in [5, 5.41) is 19.0. The average molecular weight is 1440 g/mol. The van der Waals surface area contributed by atoms with Crippen molar-refractivity contribution in [2.75, 3.05) is 79.2 Å². The second-order valence-electron chi connectivity index (χ2n) is 31.8. The van der Waals surface area contributed by atoms with Gasteiger partial charge in [0, 0.05) is 39.1 Å². The molecule has 2 saturated heterocycles. The first-order chi connectivity index (χ1) is 47.5. The quantitative estimate of drug-likeness (QED) is 0.0286. The lowest BCUT2D eigenvalue weighted by molar-refractivity contribution is -0.144. The summed E-state index contributed by atoms with van der Waals surface area (Å²) < 4.78 is 27.4. The number of benzene rings is 3. The van der Waals surface area contributed by atoms with Crippen molar-refractivity contribution in [1.29, 1.82) is 0 Å². The number of β-amino-alcohol motifs (C(OH)–C–C–N with tert-alkyl or cyclic N) is 1. The van der Waals surface area contributed by atoms with E-state index in [1.54, 1.807) is 27.6 Å². The summed E-state index contributed by atoms with van der Waals surface area (Å²) in [6.07, 6.45) is 2.08. The van der Waals surface area contributed by atoms with Crippen LogP contribution >= 0.6 is 22.7 Å². The summed E-state index contributed by atoms with van der Waals surface area (Å²) >= 11 is 3.20. The van der Waals surface area contributed by atoms with Gasteiger partial charge in [0.1, 0.15) is 31.3 Å². The summed E-state index contributed by atoms with van der Waals surface area (Å²) in [5.41, 5.74) is 11.7. The van der Waals surface area contributed by atoms with Gasteiger partial charge in [0.25, 0.3) is 0 Å². The molecule has 0 aliphatic carbocycles. The molecule has 19 nitrogen and oxygen atoms in total. The molecule has 3 aromatic carbocycles. The lowest BCUT2D eigenvalue weighted by Gasteiger charge is -2.35. The number of carbonyl (C=O) groups is 6. The summed E-state index contributed by atoms with van der Waals surface area (Å²) in [6.45, 7) is 43.0. The number of nitrogens with zero attached hydrogens (tertiary/aromatic N) is 4. The molecule has 4 N–H and O–H groups in total. The Morgan fingerprint density at radius 1 is 0.574 bits per heavy atom. The highest BCUT2D eigenvalue weighted by Crippen LogP contribution is 2.33. The van der Waals surface area contributed by atoms with Crippen LogP contribution in [0.2, 0.25) is 0 Å². The first kappa shape index (κ1) is 85.3. The standard InChI is InChI=1S/C33H50N4O7S.C32H47N3O5S.C15H24/c1-22-28(45-21-35-22)24-10-8-23(9-11-24)17-34-30(40)26-16-25(38)18-37(26)31(41)29(33(5,6)7)36-27(39)19-43-14-12-42-13-15-44-20-32(2,3)4;1-21(2)18-39-14-15-40-19-28(37)34-30(32(5,6)7)31(38)35-17-22(3)16-26(35)27(36)13-10-24-8-11-25(12-9-24)29-23(4)33-20-41-29;1-11(2)10-14-6-8-15(9-7-14)13(5)12(3)4/h8-11,21,25-26,29,38H,12-20H2,1-7H3,(H,34,40)(H,36,39);8-9,11-12,20-22,26,30H,10,13-19H2,1-7H3,(H,34,37);6-9,11-13H,10H2,1-5H3/t25-,26+,29-;22-,26+,30-;13-/m111/s1. The number of nitrogens with one attached hydrogen (secondary N) is 3. The molecule has 560 valence electrons. The molecule has 0 radical (unpaired) electrons. The number of rotatable bonds is 33. The Bertz CT molecular complexity index is 3330. The molecule has 0 unspecified atom stereocenters. The van der Waals surface area contributed by atoms with Gasteiger partial charge in [0.15, 0.2) is 5.78 Å². The fourth-order valence-electron chi connectivity index (χ4n) is 11.7. The van der Waals surface area contributed by atoms with Gasteiger partial charge >= 0.3 is 0 Å². The zero-order valence-corrected chi connectivity index (χ0v) is 65.8. The van der Waals surface area contributed by atoms with E-state index < -0.39 is 52.9 Å². The highest BCUT2D eigenvalue weighted by Gasteiger charge is 2.46. The van der Waals surface area contributed by atoms with Crippen LogP contribution in [0.3, 0.4) is 0 Å². The third-order valence-electron chi connectivity index (χ3n) is 17.6. The van der Waals surface area contributed by atoms with Crippen LogP contribution in [0.25, 0.3) is 20.9 Å². The Balaban J connectivity index is 0.000000303.